The highest BCUT2D eigenvalue weighted by Crippen LogP contribution is 2.17. The van der Waals surface area contributed by atoms with Crippen LogP contribution < -0.4 is 5.32 Å². The van der Waals surface area contributed by atoms with Gasteiger partial charge in [-0.05, 0) is 18.7 Å². The lowest BCUT2D eigenvalue weighted by Gasteiger charge is -2.17. The molecule has 1 aromatic heterocycles. The van der Waals surface area contributed by atoms with E-state index >= 15 is 0 Å². The predicted molar refractivity (Wildman–Crippen MR) is 81.2 cm³/mol. The average molecular weight is 303 g/mol. The van der Waals surface area contributed by atoms with E-state index in [9.17, 15) is 8.42 Å². The summed E-state index contributed by atoms with van der Waals surface area (Å²) in [6.07, 6.45) is 4.44. The van der Waals surface area contributed by atoms with Crippen LogP contribution in [-0.2, 0) is 10.0 Å². The molecular weight excluding hydrogens is 282 g/mol. The molecule has 0 radical (unpaired) electrons. The van der Waals surface area contributed by atoms with Gasteiger partial charge in [-0.15, -0.1) is 0 Å². The van der Waals surface area contributed by atoms with E-state index in [-0.39, 0.29) is 4.90 Å². The lowest BCUT2D eigenvalue weighted by Crippen LogP contribution is -2.29. The molecular formula is C12H21N3O2S2. The van der Waals surface area contributed by atoms with Gasteiger partial charge in [-0.1, -0.05) is 6.92 Å². The highest BCUT2D eigenvalue weighted by molar-refractivity contribution is 7.98. The third-order valence-electron chi connectivity index (χ3n) is 2.61. The topological polar surface area (TPSA) is 62.3 Å². The monoisotopic (exact) mass is 303 g/mol. The van der Waals surface area contributed by atoms with Gasteiger partial charge in [0.15, 0.2) is 0 Å². The minimum absolute atomic E-state index is 0.282. The van der Waals surface area contributed by atoms with E-state index in [1.165, 1.54) is 16.6 Å². The van der Waals surface area contributed by atoms with E-state index < -0.39 is 10.0 Å². The number of pyridine rings is 1. The van der Waals surface area contributed by atoms with Crippen LogP contribution >= 0.6 is 11.8 Å². The molecule has 0 atom stereocenters. The lowest BCUT2D eigenvalue weighted by atomic mass is 10.4. The number of anilines is 1. The second-order valence-electron chi connectivity index (χ2n) is 4.12. The van der Waals surface area contributed by atoms with Crippen LogP contribution in [0.1, 0.15) is 13.3 Å². The molecule has 0 aliphatic heterocycles. The van der Waals surface area contributed by atoms with Crippen LogP contribution in [0.3, 0.4) is 0 Å². The molecule has 0 fully saturated rings. The van der Waals surface area contributed by atoms with Crippen LogP contribution in [0.5, 0.6) is 0 Å². The Morgan fingerprint density at radius 2 is 2.21 bits per heavy atom. The van der Waals surface area contributed by atoms with E-state index in [1.54, 1.807) is 24.9 Å². The molecule has 1 heterocycles. The summed E-state index contributed by atoms with van der Waals surface area (Å²) in [5.41, 5.74) is 0. The molecule has 0 aliphatic rings. The van der Waals surface area contributed by atoms with Crippen molar-refractivity contribution in [3.8, 4) is 0 Å². The van der Waals surface area contributed by atoms with Crippen LogP contribution in [0.15, 0.2) is 23.2 Å². The molecule has 0 spiro atoms. The molecule has 0 amide bonds. The minimum atomic E-state index is -3.42. The molecule has 0 aromatic carbocycles. The number of thioether (sulfide) groups is 1. The quantitative estimate of drug-likeness (QED) is 0.794. The van der Waals surface area contributed by atoms with E-state index in [2.05, 4.69) is 10.3 Å². The molecule has 0 aliphatic carbocycles. The molecule has 1 rings (SSSR count). The number of nitrogens with one attached hydrogen (secondary N) is 1. The maximum Gasteiger partial charge on any atom is 0.243 e. The largest absolute Gasteiger partial charge is 0.370 e. The summed E-state index contributed by atoms with van der Waals surface area (Å²) in [5.74, 6) is 1.38. The van der Waals surface area contributed by atoms with E-state index in [0.717, 1.165) is 18.7 Å². The zero-order chi connectivity index (χ0) is 14.3. The third-order valence-corrected chi connectivity index (χ3v) is 5.05. The Kier molecular flexibility index (Phi) is 6.60. The molecule has 0 bridgehead atoms. The maximum absolute atomic E-state index is 12.3. The number of nitrogens with zero attached hydrogens (tertiary/aromatic N) is 2. The van der Waals surface area contributed by atoms with Crippen LogP contribution in [0, 0.1) is 0 Å². The van der Waals surface area contributed by atoms with Gasteiger partial charge in [0, 0.05) is 38.2 Å². The number of rotatable bonds is 8. The molecule has 0 unspecified atom stereocenters. The number of hydrogen-bond donors (Lipinski definition) is 1. The average Bonchev–Trinajstić information content (AvgIpc) is 2.42. The predicted octanol–water partition coefficient (Wildman–Crippen LogP) is 1.89. The Morgan fingerprint density at radius 3 is 2.84 bits per heavy atom. The first kappa shape index (κ1) is 16.3. The first-order valence-electron chi connectivity index (χ1n) is 6.17. The minimum Gasteiger partial charge on any atom is -0.370 e. The van der Waals surface area contributed by atoms with Gasteiger partial charge in [-0.3, -0.25) is 0 Å². The summed E-state index contributed by atoms with van der Waals surface area (Å²) < 4.78 is 26.0. The smallest absolute Gasteiger partial charge is 0.243 e. The molecule has 0 saturated heterocycles. The molecule has 1 N–H and O–H groups in total. The van der Waals surface area contributed by atoms with Crippen LogP contribution in [0.25, 0.3) is 0 Å². The maximum atomic E-state index is 12.3. The lowest BCUT2D eigenvalue weighted by molar-refractivity contribution is 0.488. The Hall–Kier alpha value is -0.790. The summed E-state index contributed by atoms with van der Waals surface area (Å²) in [6, 6.07) is 3.11. The normalized spacial score (nSPS) is 11.8. The van der Waals surface area contributed by atoms with Crippen molar-refractivity contribution in [3.63, 3.8) is 0 Å². The standard InChI is InChI=1S/C12H21N3O2S2/c1-4-6-13-12-10-11(5-7-14-12)19(16,17)15(2)8-9-18-3/h5,7,10H,4,6,8-9H2,1-3H3,(H,13,14). The van der Waals surface area contributed by atoms with Gasteiger partial charge in [0.1, 0.15) is 5.82 Å². The van der Waals surface area contributed by atoms with Gasteiger partial charge in [0.2, 0.25) is 10.0 Å². The van der Waals surface area contributed by atoms with Crippen molar-refractivity contribution in [2.45, 2.75) is 18.2 Å². The van der Waals surface area contributed by atoms with Gasteiger partial charge in [-0.2, -0.15) is 11.8 Å². The fraction of sp³-hybridized carbons (Fsp3) is 0.583. The zero-order valence-electron chi connectivity index (χ0n) is 11.6. The third kappa shape index (κ3) is 4.67. The van der Waals surface area contributed by atoms with Crippen LogP contribution in [0.4, 0.5) is 5.82 Å². The molecule has 5 nitrogen and oxygen atoms in total. The van der Waals surface area contributed by atoms with E-state index in [1.807, 2.05) is 13.2 Å². The Bertz CT molecular complexity index is 492. The van der Waals surface area contributed by atoms with Crippen molar-refractivity contribution < 1.29 is 8.42 Å². The van der Waals surface area contributed by atoms with Crippen molar-refractivity contribution in [2.75, 3.05) is 37.5 Å². The Balaban J connectivity index is 2.88. The summed E-state index contributed by atoms with van der Waals surface area (Å²) >= 11 is 1.62. The number of hydrogen-bond acceptors (Lipinski definition) is 5. The van der Waals surface area contributed by atoms with Gasteiger partial charge in [-0.25, -0.2) is 17.7 Å². The summed E-state index contributed by atoms with van der Waals surface area (Å²) in [5, 5.41) is 3.09. The molecule has 108 valence electrons. The van der Waals surface area contributed by atoms with Crippen molar-refractivity contribution in [1.82, 2.24) is 9.29 Å². The SMILES string of the molecule is CCCNc1cc(S(=O)(=O)N(C)CCSC)ccn1. The zero-order valence-corrected chi connectivity index (χ0v) is 13.2. The van der Waals surface area contributed by atoms with E-state index in [4.69, 9.17) is 0 Å². The van der Waals surface area contributed by atoms with Crippen LogP contribution in [-0.4, -0.2) is 49.9 Å². The summed E-state index contributed by atoms with van der Waals surface area (Å²) in [6.45, 7) is 3.33. The first-order valence-corrected chi connectivity index (χ1v) is 9.01. The summed E-state index contributed by atoms with van der Waals surface area (Å²) in [7, 11) is -1.82. The summed E-state index contributed by atoms with van der Waals surface area (Å²) in [4.78, 5) is 4.40. The Labute approximate surface area is 119 Å². The Morgan fingerprint density at radius 1 is 1.47 bits per heavy atom. The first-order chi connectivity index (χ1) is 9.02. The second-order valence-corrected chi connectivity index (χ2v) is 7.15. The van der Waals surface area contributed by atoms with Crippen molar-refractivity contribution in [2.24, 2.45) is 0 Å². The highest BCUT2D eigenvalue weighted by atomic mass is 32.2. The van der Waals surface area contributed by atoms with Crippen molar-refractivity contribution in [1.29, 1.82) is 0 Å². The van der Waals surface area contributed by atoms with Gasteiger partial charge < -0.3 is 5.32 Å². The van der Waals surface area contributed by atoms with Gasteiger partial charge in [0.25, 0.3) is 0 Å². The van der Waals surface area contributed by atoms with Gasteiger partial charge in [0.05, 0.1) is 4.90 Å². The molecule has 7 heteroatoms. The molecule has 1 aromatic rings. The molecule has 0 saturated carbocycles. The van der Waals surface area contributed by atoms with Gasteiger partial charge >= 0.3 is 0 Å². The second kappa shape index (κ2) is 7.72. The number of sulfonamides is 1. The fourth-order valence-electron chi connectivity index (χ4n) is 1.44. The van der Waals surface area contributed by atoms with Crippen molar-refractivity contribution in [3.05, 3.63) is 18.3 Å². The fourth-order valence-corrected chi connectivity index (χ4v) is 3.20. The van der Waals surface area contributed by atoms with E-state index in [0.29, 0.717) is 12.4 Å². The highest BCUT2D eigenvalue weighted by Gasteiger charge is 2.20. The van der Waals surface area contributed by atoms with Crippen molar-refractivity contribution >= 4 is 27.6 Å². The number of aromatic nitrogens is 1. The molecule has 19 heavy (non-hydrogen) atoms. The van der Waals surface area contributed by atoms with Crippen LogP contribution in [0.2, 0.25) is 0 Å².